The summed E-state index contributed by atoms with van der Waals surface area (Å²) in [6.07, 6.45) is -1.72. The number of amides is 2. The van der Waals surface area contributed by atoms with Gasteiger partial charge in [-0.05, 0) is 30.3 Å². The van der Waals surface area contributed by atoms with Crippen LogP contribution in [0.3, 0.4) is 0 Å². The second-order valence-corrected chi connectivity index (χ2v) is 7.31. The van der Waals surface area contributed by atoms with E-state index in [1.54, 1.807) is 24.3 Å². The van der Waals surface area contributed by atoms with Crippen LogP contribution in [0.4, 0.5) is 20.6 Å². The number of halogens is 1. The number of aliphatic carboxylic acids is 1. The van der Waals surface area contributed by atoms with Crippen LogP contribution >= 0.6 is 0 Å². The Morgan fingerprint density at radius 2 is 1.97 bits per heavy atom. The number of hydrogen-bond acceptors (Lipinski definition) is 6. The lowest BCUT2D eigenvalue weighted by Gasteiger charge is -2.10. The molecule has 0 aliphatic heterocycles. The van der Waals surface area contributed by atoms with Crippen LogP contribution in [-0.2, 0) is 4.79 Å². The molecule has 0 saturated carbocycles. The maximum atomic E-state index is 14.3. The molecular weight excluding hydrogens is 435 g/mol. The average molecular weight is 454 g/mol. The van der Waals surface area contributed by atoms with E-state index in [4.69, 9.17) is 10.8 Å². The first-order valence-corrected chi connectivity index (χ1v) is 9.77. The largest absolute Gasteiger partial charge is 0.481 e. The van der Waals surface area contributed by atoms with Gasteiger partial charge in [-0.3, -0.25) is 9.59 Å². The number of fused-ring (bicyclic) bond motifs is 2. The molecule has 0 spiro atoms. The van der Waals surface area contributed by atoms with E-state index < -0.39 is 35.9 Å². The maximum absolute atomic E-state index is 14.3. The van der Waals surface area contributed by atoms with Gasteiger partial charge in [0.25, 0.3) is 5.56 Å². The minimum atomic E-state index is -1.22. The lowest BCUT2D eigenvalue weighted by molar-refractivity contribution is -0.139. The van der Waals surface area contributed by atoms with E-state index in [-0.39, 0.29) is 34.5 Å². The molecule has 170 valence electrons. The van der Waals surface area contributed by atoms with Gasteiger partial charge in [0.15, 0.2) is 0 Å². The number of aliphatic hydroxyl groups excluding tert-OH is 1. The monoisotopic (exact) mass is 454 g/mol. The Bertz CT molecular complexity index is 1450. The number of hydrogen-bond donors (Lipinski definition) is 7. The van der Waals surface area contributed by atoms with Crippen molar-refractivity contribution >= 4 is 45.3 Å². The first-order chi connectivity index (χ1) is 15.7. The molecule has 4 aromatic rings. The van der Waals surface area contributed by atoms with Crippen LogP contribution in [0.25, 0.3) is 33.3 Å². The van der Waals surface area contributed by atoms with Gasteiger partial charge >= 0.3 is 12.0 Å². The number of nitrogens with one attached hydrogen (secondary N) is 4. The third kappa shape index (κ3) is 4.45. The lowest BCUT2D eigenvalue weighted by atomic mass is 10.1. The van der Waals surface area contributed by atoms with Crippen LogP contribution in [-0.4, -0.2) is 49.8 Å². The summed E-state index contributed by atoms with van der Waals surface area (Å²) in [5.41, 5.74) is 7.10. The van der Waals surface area contributed by atoms with Crippen molar-refractivity contribution in [1.82, 2.24) is 20.3 Å². The van der Waals surface area contributed by atoms with Gasteiger partial charge in [0, 0.05) is 12.2 Å². The van der Waals surface area contributed by atoms with Gasteiger partial charge < -0.3 is 36.5 Å². The fourth-order valence-electron chi connectivity index (χ4n) is 3.43. The highest BCUT2D eigenvalue weighted by molar-refractivity contribution is 5.98. The first kappa shape index (κ1) is 21.8. The number of pyridine rings is 1. The Morgan fingerprint density at radius 1 is 1.18 bits per heavy atom. The minimum Gasteiger partial charge on any atom is -0.481 e. The van der Waals surface area contributed by atoms with Crippen molar-refractivity contribution in [3.05, 3.63) is 52.6 Å². The molecule has 0 radical (unpaired) electrons. The molecule has 33 heavy (non-hydrogen) atoms. The molecule has 1 unspecified atom stereocenters. The van der Waals surface area contributed by atoms with Crippen LogP contribution in [0.1, 0.15) is 6.42 Å². The Kier molecular flexibility index (Phi) is 5.67. The Morgan fingerprint density at radius 3 is 2.73 bits per heavy atom. The molecule has 2 heterocycles. The summed E-state index contributed by atoms with van der Waals surface area (Å²) >= 11 is 0. The van der Waals surface area contributed by atoms with Crippen LogP contribution in [0.15, 0.2) is 41.2 Å². The molecule has 8 N–H and O–H groups in total. The summed E-state index contributed by atoms with van der Waals surface area (Å²) in [5, 5.41) is 23.1. The average Bonchev–Trinajstić information content (AvgIpc) is 3.14. The highest BCUT2D eigenvalue weighted by atomic mass is 19.1. The topological polar surface area (TPSA) is 186 Å². The van der Waals surface area contributed by atoms with Crippen molar-refractivity contribution in [2.45, 2.75) is 12.5 Å². The van der Waals surface area contributed by atoms with Gasteiger partial charge in [-0.25, -0.2) is 14.2 Å². The molecule has 2 amide bonds. The summed E-state index contributed by atoms with van der Waals surface area (Å²) < 4.78 is 14.3. The highest BCUT2D eigenvalue weighted by Crippen LogP contribution is 2.30. The maximum Gasteiger partial charge on any atom is 0.319 e. The fraction of sp³-hybridized carbons (Fsp3) is 0.143. The fourth-order valence-corrected chi connectivity index (χ4v) is 3.43. The number of aromatic nitrogens is 3. The number of nitrogens with two attached hydrogens (primary N) is 1. The number of carboxylic acid groups (broad SMARTS) is 1. The third-order valence-electron chi connectivity index (χ3n) is 4.91. The Hall–Kier alpha value is -4.45. The number of imidazole rings is 1. The number of nitrogens with zero attached hydrogens (tertiary/aromatic N) is 1. The minimum absolute atomic E-state index is 0.0107. The molecule has 1 atom stereocenters. The molecule has 4 rings (SSSR count). The molecule has 2 aromatic carbocycles. The summed E-state index contributed by atoms with van der Waals surface area (Å²) in [7, 11) is 0. The second-order valence-electron chi connectivity index (χ2n) is 7.31. The van der Waals surface area contributed by atoms with Gasteiger partial charge in [-0.1, -0.05) is 6.07 Å². The summed E-state index contributed by atoms with van der Waals surface area (Å²) in [4.78, 5) is 45.1. The third-order valence-corrected chi connectivity index (χ3v) is 4.91. The number of aromatic amines is 2. The number of benzene rings is 2. The lowest BCUT2D eigenvalue weighted by Crippen LogP contribution is -2.36. The van der Waals surface area contributed by atoms with Gasteiger partial charge in [0.2, 0.25) is 0 Å². The number of aliphatic hydroxyl groups is 1. The van der Waals surface area contributed by atoms with Crippen LogP contribution in [0.5, 0.6) is 0 Å². The molecular formula is C21H19FN6O5. The number of carbonyl (C=O) groups excluding carboxylic acids is 1. The van der Waals surface area contributed by atoms with Crippen LogP contribution < -0.4 is 21.9 Å². The standard InChI is InChI=1S/C21H19FN6O5/c22-11-2-1-3-13-16(11)18(23)17(20(32)28-13)19-26-12-5-4-9(6-14(12)27-19)25-21(33)24-8-10(29)7-15(30)31/h1-6,10,29H,7-8H2,(H,26,27)(H,30,31)(H3,23,28,32)(H2,24,25,33). The zero-order chi connectivity index (χ0) is 23.7. The van der Waals surface area contributed by atoms with E-state index >= 15 is 0 Å². The quantitative estimate of drug-likeness (QED) is 0.231. The summed E-state index contributed by atoms with van der Waals surface area (Å²) in [5.74, 6) is -1.63. The van der Waals surface area contributed by atoms with Gasteiger partial charge in [-0.15, -0.1) is 0 Å². The SMILES string of the molecule is Nc1c(-c2nc3ccc(NC(=O)NCC(O)CC(=O)O)cc3[nH]2)c(=O)[nH]c2cccc(F)c12. The van der Waals surface area contributed by atoms with Crippen LogP contribution in [0, 0.1) is 5.82 Å². The van der Waals surface area contributed by atoms with Crippen molar-refractivity contribution in [2.75, 3.05) is 17.6 Å². The zero-order valence-electron chi connectivity index (χ0n) is 17.0. The molecule has 0 bridgehead atoms. The number of carboxylic acids is 1. The van der Waals surface area contributed by atoms with Gasteiger partial charge in [-0.2, -0.15) is 0 Å². The molecule has 12 heteroatoms. The van der Waals surface area contributed by atoms with E-state index in [1.807, 2.05) is 0 Å². The normalized spacial score (nSPS) is 12.1. The number of nitrogen functional groups attached to an aromatic ring is 1. The Balaban J connectivity index is 1.59. The predicted octanol–water partition coefficient (Wildman–Crippen LogP) is 1.75. The Labute approximate surface area is 184 Å². The van der Waals surface area contributed by atoms with Gasteiger partial charge in [0.05, 0.1) is 40.1 Å². The van der Waals surface area contributed by atoms with Crippen LogP contribution in [0.2, 0.25) is 0 Å². The number of anilines is 2. The second kappa shape index (κ2) is 8.59. The van der Waals surface area contributed by atoms with Crippen molar-refractivity contribution in [3.63, 3.8) is 0 Å². The summed E-state index contributed by atoms with van der Waals surface area (Å²) in [6.45, 7) is -0.241. The van der Waals surface area contributed by atoms with E-state index in [1.165, 1.54) is 12.1 Å². The van der Waals surface area contributed by atoms with Crippen molar-refractivity contribution in [1.29, 1.82) is 0 Å². The first-order valence-electron chi connectivity index (χ1n) is 9.77. The molecule has 11 nitrogen and oxygen atoms in total. The number of carbonyl (C=O) groups is 2. The van der Waals surface area contributed by atoms with E-state index in [0.717, 1.165) is 0 Å². The van der Waals surface area contributed by atoms with Crippen molar-refractivity contribution < 1.29 is 24.2 Å². The molecule has 0 aliphatic carbocycles. The molecule has 2 aromatic heterocycles. The van der Waals surface area contributed by atoms with E-state index in [0.29, 0.717) is 16.7 Å². The molecule has 0 fully saturated rings. The number of rotatable bonds is 6. The highest BCUT2D eigenvalue weighted by Gasteiger charge is 2.18. The zero-order valence-corrected chi connectivity index (χ0v) is 17.0. The smallest absolute Gasteiger partial charge is 0.319 e. The van der Waals surface area contributed by atoms with Gasteiger partial charge in [0.1, 0.15) is 17.2 Å². The summed E-state index contributed by atoms with van der Waals surface area (Å²) in [6, 6.07) is 8.32. The van der Waals surface area contributed by atoms with E-state index in [9.17, 15) is 23.9 Å². The number of urea groups is 1. The molecule has 0 aliphatic rings. The van der Waals surface area contributed by atoms with Crippen molar-refractivity contribution in [2.24, 2.45) is 0 Å². The molecule has 0 saturated heterocycles. The predicted molar refractivity (Wildman–Crippen MR) is 119 cm³/mol. The number of H-pyrrole nitrogens is 2. The van der Waals surface area contributed by atoms with Crippen molar-refractivity contribution in [3.8, 4) is 11.4 Å². The van der Waals surface area contributed by atoms with E-state index in [2.05, 4.69) is 25.6 Å².